The smallest absolute Gasteiger partial charge is 0.158 e. The van der Waals surface area contributed by atoms with Crippen molar-refractivity contribution in [1.82, 2.24) is 5.32 Å². The molecule has 2 aliphatic heterocycles. The molecule has 2 heterocycles. The van der Waals surface area contributed by atoms with E-state index in [4.69, 9.17) is 4.84 Å². The molecule has 1 unspecified atom stereocenters. The van der Waals surface area contributed by atoms with Crippen LogP contribution in [-0.2, 0) is 4.84 Å². The molecule has 0 bridgehead atoms. The third-order valence-corrected chi connectivity index (χ3v) is 4.98. The summed E-state index contributed by atoms with van der Waals surface area (Å²) >= 11 is 0. The molecule has 0 saturated carbocycles. The topological polar surface area (TPSA) is 46.0 Å². The van der Waals surface area contributed by atoms with Crippen molar-refractivity contribution in [2.24, 2.45) is 10.1 Å². The number of fused-ring (bicyclic) bond motifs is 1. The maximum atomic E-state index is 5.74. The zero-order chi connectivity index (χ0) is 17.3. The first-order valence-electron chi connectivity index (χ1n) is 8.97. The highest BCUT2D eigenvalue weighted by molar-refractivity contribution is 6.04. The second-order valence-electron chi connectivity index (χ2n) is 6.68. The van der Waals surface area contributed by atoms with Crippen LogP contribution in [0.3, 0.4) is 0 Å². The van der Waals surface area contributed by atoms with E-state index in [0.717, 1.165) is 42.2 Å². The molecule has 4 nitrogen and oxygen atoms in total. The predicted octanol–water partition coefficient (Wildman–Crippen LogP) is 4.06. The molecule has 0 spiro atoms. The highest BCUT2D eigenvalue weighted by Gasteiger charge is 2.24. The number of amidine groups is 1. The molecule has 0 radical (unpaired) electrons. The Morgan fingerprint density at radius 1 is 0.885 bits per heavy atom. The summed E-state index contributed by atoms with van der Waals surface area (Å²) in [5.74, 6) is 0.982. The van der Waals surface area contributed by atoms with E-state index in [9.17, 15) is 0 Å². The number of hydrogen-bond donors (Lipinski definition) is 1. The van der Waals surface area contributed by atoms with Crippen molar-refractivity contribution in [3.8, 4) is 0 Å². The van der Waals surface area contributed by atoms with Crippen LogP contribution < -0.4 is 5.32 Å². The molecule has 2 aliphatic rings. The van der Waals surface area contributed by atoms with Gasteiger partial charge in [-0.3, -0.25) is 4.99 Å². The third kappa shape index (κ3) is 2.73. The van der Waals surface area contributed by atoms with Gasteiger partial charge < -0.3 is 10.2 Å². The SMILES string of the molecule is c1ccc2cc(C3CC(c4ccc(C5=NCCN5)cc4)=NO3)ccc2c1. The van der Waals surface area contributed by atoms with Gasteiger partial charge >= 0.3 is 0 Å². The standard InChI is InChI=1S/C22H19N3O/c1-2-4-18-13-19(10-5-15(18)3-1)21-14-20(25-26-21)16-6-8-17(9-7-16)22-23-11-12-24-22/h1-10,13,21H,11-12,14H2,(H,23,24). The van der Waals surface area contributed by atoms with Crippen LogP contribution in [0.5, 0.6) is 0 Å². The lowest BCUT2D eigenvalue weighted by molar-refractivity contribution is 0.0858. The summed E-state index contributed by atoms with van der Waals surface area (Å²) in [5, 5.41) is 10.1. The lowest BCUT2D eigenvalue weighted by atomic mass is 9.97. The summed E-state index contributed by atoms with van der Waals surface area (Å²) in [7, 11) is 0. The zero-order valence-corrected chi connectivity index (χ0v) is 14.4. The summed E-state index contributed by atoms with van der Waals surface area (Å²) in [4.78, 5) is 10.2. The highest BCUT2D eigenvalue weighted by Crippen LogP contribution is 2.31. The van der Waals surface area contributed by atoms with Crippen molar-refractivity contribution in [2.75, 3.05) is 13.1 Å². The van der Waals surface area contributed by atoms with Gasteiger partial charge in [0.2, 0.25) is 0 Å². The molecule has 3 aromatic rings. The normalized spacial score (nSPS) is 19.0. The van der Waals surface area contributed by atoms with Gasteiger partial charge in [-0.15, -0.1) is 0 Å². The molecule has 3 aromatic carbocycles. The summed E-state index contributed by atoms with van der Waals surface area (Å²) in [6.45, 7) is 1.77. The van der Waals surface area contributed by atoms with Gasteiger partial charge in [-0.05, 0) is 28.0 Å². The number of benzene rings is 3. The zero-order valence-electron chi connectivity index (χ0n) is 14.4. The van der Waals surface area contributed by atoms with Gasteiger partial charge in [0.05, 0.1) is 12.3 Å². The fraction of sp³-hybridized carbons (Fsp3) is 0.182. The predicted molar refractivity (Wildman–Crippen MR) is 105 cm³/mol. The van der Waals surface area contributed by atoms with Gasteiger partial charge in [-0.25, -0.2) is 0 Å². The van der Waals surface area contributed by atoms with E-state index in [1.165, 1.54) is 16.3 Å². The number of hydrogen-bond acceptors (Lipinski definition) is 4. The van der Waals surface area contributed by atoms with E-state index in [1.807, 2.05) is 0 Å². The van der Waals surface area contributed by atoms with Crippen LogP contribution in [0.4, 0.5) is 0 Å². The lowest BCUT2D eigenvalue weighted by Crippen LogP contribution is -2.19. The molecule has 1 atom stereocenters. The van der Waals surface area contributed by atoms with Crippen LogP contribution in [0.1, 0.15) is 29.2 Å². The molecule has 26 heavy (non-hydrogen) atoms. The second-order valence-corrected chi connectivity index (χ2v) is 6.68. The van der Waals surface area contributed by atoms with Crippen molar-refractivity contribution in [2.45, 2.75) is 12.5 Å². The first-order chi connectivity index (χ1) is 12.9. The number of nitrogens with one attached hydrogen (secondary N) is 1. The van der Waals surface area contributed by atoms with Gasteiger partial charge in [0.15, 0.2) is 6.10 Å². The van der Waals surface area contributed by atoms with Crippen molar-refractivity contribution in [3.63, 3.8) is 0 Å². The summed E-state index contributed by atoms with van der Waals surface area (Å²) in [6, 6.07) is 23.3. The molecular formula is C22H19N3O. The fourth-order valence-corrected chi connectivity index (χ4v) is 3.55. The van der Waals surface area contributed by atoms with Crippen LogP contribution in [0, 0.1) is 0 Å². The lowest BCUT2D eigenvalue weighted by Gasteiger charge is -2.09. The van der Waals surface area contributed by atoms with Crippen molar-refractivity contribution in [1.29, 1.82) is 0 Å². The minimum absolute atomic E-state index is 0.0184. The van der Waals surface area contributed by atoms with Crippen molar-refractivity contribution in [3.05, 3.63) is 83.4 Å². The maximum absolute atomic E-state index is 5.74. The average molecular weight is 341 g/mol. The van der Waals surface area contributed by atoms with Crippen LogP contribution >= 0.6 is 0 Å². The third-order valence-electron chi connectivity index (χ3n) is 4.98. The Bertz CT molecular complexity index is 1020. The number of nitrogens with zero attached hydrogens (tertiary/aromatic N) is 2. The second kappa shape index (κ2) is 6.30. The van der Waals surface area contributed by atoms with E-state index in [2.05, 4.69) is 82.2 Å². The Balaban J connectivity index is 1.34. The molecule has 0 aromatic heterocycles. The largest absolute Gasteiger partial charge is 0.387 e. The Morgan fingerprint density at radius 2 is 1.69 bits per heavy atom. The van der Waals surface area contributed by atoms with Crippen LogP contribution in [0.15, 0.2) is 76.9 Å². The summed E-state index contributed by atoms with van der Waals surface area (Å²) < 4.78 is 0. The molecular weight excluding hydrogens is 322 g/mol. The van der Waals surface area contributed by atoms with Crippen molar-refractivity contribution < 1.29 is 4.84 Å². The monoisotopic (exact) mass is 341 g/mol. The molecule has 4 heteroatoms. The minimum Gasteiger partial charge on any atom is -0.387 e. The van der Waals surface area contributed by atoms with Gasteiger partial charge in [0, 0.05) is 18.5 Å². The van der Waals surface area contributed by atoms with E-state index in [1.54, 1.807) is 0 Å². The van der Waals surface area contributed by atoms with E-state index >= 15 is 0 Å². The number of oxime groups is 1. The first kappa shape index (κ1) is 15.1. The first-order valence-corrected chi connectivity index (χ1v) is 8.97. The van der Waals surface area contributed by atoms with Gasteiger partial charge in [-0.2, -0.15) is 0 Å². The van der Waals surface area contributed by atoms with E-state index < -0.39 is 0 Å². The Morgan fingerprint density at radius 3 is 2.50 bits per heavy atom. The molecule has 0 fully saturated rings. The quantitative estimate of drug-likeness (QED) is 0.781. The molecule has 0 amide bonds. The fourth-order valence-electron chi connectivity index (χ4n) is 3.55. The molecule has 5 rings (SSSR count). The molecule has 0 saturated heterocycles. The van der Waals surface area contributed by atoms with Gasteiger partial charge in [0.1, 0.15) is 5.84 Å². The Labute approximate surface area is 152 Å². The van der Waals surface area contributed by atoms with Gasteiger partial charge in [0.25, 0.3) is 0 Å². The number of aliphatic imine (C=N–C) groups is 1. The summed E-state index contributed by atoms with van der Waals surface area (Å²) in [5.41, 5.74) is 4.40. The van der Waals surface area contributed by atoms with Crippen LogP contribution in [0.25, 0.3) is 10.8 Å². The molecule has 1 N–H and O–H groups in total. The van der Waals surface area contributed by atoms with Crippen LogP contribution in [0.2, 0.25) is 0 Å². The highest BCUT2D eigenvalue weighted by atomic mass is 16.6. The van der Waals surface area contributed by atoms with Crippen molar-refractivity contribution >= 4 is 22.3 Å². The van der Waals surface area contributed by atoms with E-state index in [0.29, 0.717) is 0 Å². The average Bonchev–Trinajstić information content (AvgIpc) is 3.40. The Hall–Kier alpha value is -3.14. The number of rotatable bonds is 3. The maximum Gasteiger partial charge on any atom is 0.158 e. The van der Waals surface area contributed by atoms with Crippen LogP contribution in [-0.4, -0.2) is 24.6 Å². The van der Waals surface area contributed by atoms with E-state index in [-0.39, 0.29) is 6.10 Å². The molecule has 128 valence electrons. The Kier molecular flexibility index (Phi) is 3.67. The molecule has 0 aliphatic carbocycles. The minimum atomic E-state index is -0.0184. The summed E-state index contributed by atoms with van der Waals surface area (Å²) in [6.07, 6.45) is 0.770. The van der Waals surface area contributed by atoms with Gasteiger partial charge in [-0.1, -0.05) is 65.8 Å².